The van der Waals surface area contributed by atoms with Crippen molar-refractivity contribution in [1.29, 1.82) is 0 Å². The number of esters is 1. The molecule has 1 N–H and O–H groups in total. The van der Waals surface area contributed by atoms with Crippen molar-refractivity contribution >= 4 is 18.0 Å². The third-order valence-electron chi connectivity index (χ3n) is 4.16. The molecule has 1 fully saturated rings. The van der Waals surface area contributed by atoms with Crippen molar-refractivity contribution in [3.63, 3.8) is 0 Å². The summed E-state index contributed by atoms with van der Waals surface area (Å²) in [6.07, 6.45) is -0.722. The molecule has 1 aliphatic rings. The van der Waals surface area contributed by atoms with Gasteiger partial charge in [0.05, 0.1) is 12.5 Å². The van der Waals surface area contributed by atoms with Gasteiger partial charge in [-0.3, -0.25) is 9.69 Å². The van der Waals surface area contributed by atoms with E-state index in [1.54, 1.807) is 58.0 Å². The third-order valence-corrected chi connectivity index (χ3v) is 4.16. The van der Waals surface area contributed by atoms with Crippen LogP contribution in [0.4, 0.5) is 4.79 Å². The maximum absolute atomic E-state index is 12.6. The number of benzene rings is 1. The van der Waals surface area contributed by atoms with E-state index in [2.05, 4.69) is 0 Å². The van der Waals surface area contributed by atoms with Crippen LogP contribution >= 0.6 is 0 Å². The highest BCUT2D eigenvalue weighted by atomic mass is 16.6. The van der Waals surface area contributed by atoms with Gasteiger partial charge in [0.1, 0.15) is 11.6 Å². The standard InChI is InChI=1S/C19H25NO6/c1-5-25-17(23)15-14(12-9-7-6-8-10-12)13(16(21)22)11-20(15)18(24)26-19(2,3)4/h6-10,13-15H,5,11H2,1-4H3,(H,21,22). The Kier molecular flexibility index (Phi) is 5.90. The number of rotatable bonds is 4. The topological polar surface area (TPSA) is 93.1 Å². The molecule has 142 valence electrons. The molecule has 0 aliphatic carbocycles. The molecule has 1 aliphatic heterocycles. The highest BCUT2D eigenvalue weighted by Gasteiger charge is 2.53. The molecular weight excluding hydrogens is 338 g/mol. The van der Waals surface area contributed by atoms with Gasteiger partial charge in [-0.25, -0.2) is 9.59 Å². The van der Waals surface area contributed by atoms with E-state index in [1.807, 2.05) is 0 Å². The lowest BCUT2D eigenvalue weighted by atomic mass is 9.84. The summed E-state index contributed by atoms with van der Waals surface area (Å²) in [5.74, 6) is -3.34. The summed E-state index contributed by atoms with van der Waals surface area (Å²) in [5.41, 5.74) is -0.0937. The van der Waals surface area contributed by atoms with Crippen LogP contribution in [0.3, 0.4) is 0 Å². The monoisotopic (exact) mass is 363 g/mol. The Morgan fingerprint density at radius 1 is 1.19 bits per heavy atom. The number of aliphatic carboxylic acids is 1. The van der Waals surface area contributed by atoms with Crippen LogP contribution in [0, 0.1) is 5.92 Å². The van der Waals surface area contributed by atoms with Crippen molar-refractivity contribution in [2.24, 2.45) is 5.92 Å². The van der Waals surface area contributed by atoms with Crippen molar-refractivity contribution in [2.75, 3.05) is 13.2 Å². The van der Waals surface area contributed by atoms with Gasteiger partial charge in [0.25, 0.3) is 0 Å². The van der Waals surface area contributed by atoms with Crippen LogP contribution in [0.25, 0.3) is 0 Å². The van der Waals surface area contributed by atoms with Crippen LogP contribution in [0.15, 0.2) is 30.3 Å². The van der Waals surface area contributed by atoms with E-state index in [0.29, 0.717) is 5.56 Å². The minimum atomic E-state index is -1.07. The SMILES string of the molecule is CCOC(=O)C1C(c2ccccc2)C(C(=O)O)CN1C(=O)OC(C)(C)C. The molecule has 0 bridgehead atoms. The van der Waals surface area contributed by atoms with E-state index in [-0.39, 0.29) is 13.2 Å². The van der Waals surface area contributed by atoms with E-state index < -0.39 is 41.5 Å². The Labute approximate surface area is 152 Å². The maximum atomic E-state index is 12.6. The van der Waals surface area contributed by atoms with Gasteiger partial charge in [-0.1, -0.05) is 30.3 Å². The van der Waals surface area contributed by atoms with E-state index in [0.717, 1.165) is 0 Å². The van der Waals surface area contributed by atoms with Gasteiger partial charge in [0, 0.05) is 12.5 Å². The Hall–Kier alpha value is -2.57. The van der Waals surface area contributed by atoms with Gasteiger partial charge < -0.3 is 14.6 Å². The highest BCUT2D eigenvalue weighted by molar-refractivity contribution is 5.86. The van der Waals surface area contributed by atoms with Crippen LogP contribution in [0.2, 0.25) is 0 Å². The molecule has 1 aromatic carbocycles. The molecule has 0 aromatic heterocycles. The van der Waals surface area contributed by atoms with Gasteiger partial charge in [0.15, 0.2) is 0 Å². The smallest absolute Gasteiger partial charge is 0.411 e. The minimum Gasteiger partial charge on any atom is -0.481 e. The molecule has 1 amide bonds. The summed E-state index contributed by atoms with van der Waals surface area (Å²) in [6.45, 7) is 6.82. The lowest BCUT2D eigenvalue weighted by molar-refractivity contribution is -0.148. The van der Waals surface area contributed by atoms with Gasteiger partial charge in [0.2, 0.25) is 0 Å². The average molecular weight is 363 g/mol. The van der Waals surface area contributed by atoms with E-state index in [4.69, 9.17) is 9.47 Å². The molecule has 0 radical (unpaired) electrons. The van der Waals surface area contributed by atoms with E-state index in [9.17, 15) is 19.5 Å². The summed E-state index contributed by atoms with van der Waals surface area (Å²) < 4.78 is 10.5. The van der Waals surface area contributed by atoms with Crippen molar-refractivity contribution < 1.29 is 29.0 Å². The second-order valence-electron chi connectivity index (χ2n) is 7.21. The van der Waals surface area contributed by atoms with Gasteiger partial charge in [-0.2, -0.15) is 0 Å². The van der Waals surface area contributed by atoms with Gasteiger partial charge in [-0.05, 0) is 33.3 Å². The largest absolute Gasteiger partial charge is 0.481 e. The van der Waals surface area contributed by atoms with Crippen LogP contribution in [0.5, 0.6) is 0 Å². The maximum Gasteiger partial charge on any atom is 0.411 e. The predicted octanol–water partition coefficient (Wildman–Crippen LogP) is 2.65. The first-order valence-electron chi connectivity index (χ1n) is 8.59. The fourth-order valence-corrected chi connectivity index (χ4v) is 3.18. The van der Waals surface area contributed by atoms with Crippen molar-refractivity contribution in [2.45, 2.75) is 45.3 Å². The van der Waals surface area contributed by atoms with E-state index >= 15 is 0 Å². The zero-order valence-corrected chi connectivity index (χ0v) is 15.5. The highest BCUT2D eigenvalue weighted by Crippen LogP contribution is 2.39. The fraction of sp³-hybridized carbons (Fsp3) is 0.526. The number of hydrogen-bond donors (Lipinski definition) is 1. The van der Waals surface area contributed by atoms with Crippen molar-refractivity contribution in [1.82, 2.24) is 4.90 Å². The number of carbonyl (C=O) groups excluding carboxylic acids is 2. The molecule has 0 spiro atoms. The summed E-state index contributed by atoms with van der Waals surface area (Å²) in [5, 5.41) is 9.68. The number of carboxylic acids is 1. The molecular formula is C19H25NO6. The van der Waals surface area contributed by atoms with Crippen molar-refractivity contribution in [3.8, 4) is 0 Å². The van der Waals surface area contributed by atoms with Crippen LogP contribution in [0.1, 0.15) is 39.2 Å². The molecule has 26 heavy (non-hydrogen) atoms. The summed E-state index contributed by atoms with van der Waals surface area (Å²) >= 11 is 0. The minimum absolute atomic E-state index is 0.118. The Morgan fingerprint density at radius 2 is 1.81 bits per heavy atom. The Morgan fingerprint density at radius 3 is 2.31 bits per heavy atom. The first-order valence-corrected chi connectivity index (χ1v) is 8.59. The molecule has 2 rings (SSSR count). The van der Waals surface area contributed by atoms with Crippen molar-refractivity contribution in [3.05, 3.63) is 35.9 Å². The number of carbonyl (C=O) groups is 3. The Balaban J connectivity index is 2.46. The second kappa shape index (κ2) is 7.76. The van der Waals surface area contributed by atoms with Crippen LogP contribution in [-0.4, -0.2) is 52.8 Å². The first kappa shape index (κ1) is 19.8. The fourth-order valence-electron chi connectivity index (χ4n) is 3.18. The summed E-state index contributed by atoms with van der Waals surface area (Å²) in [4.78, 5) is 38.3. The summed E-state index contributed by atoms with van der Waals surface area (Å²) in [7, 11) is 0. The normalized spacial score (nSPS) is 22.8. The lowest BCUT2D eigenvalue weighted by Gasteiger charge is -2.29. The number of nitrogens with zero attached hydrogens (tertiary/aromatic N) is 1. The van der Waals surface area contributed by atoms with E-state index in [1.165, 1.54) is 4.90 Å². The number of likely N-dealkylation sites (tertiary alicyclic amines) is 1. The van der Waals surface area contributed by atoms with Crippen LogP contribution in [-0.2, 0) is 19.1 Å². The number of ether oxygens (including phenoxy) is 2. The van der Waals surface area contributed by atoms with Crippen LogP contribution < -0.4 is 0 Å². The second-order valence-corrected chi connectivity index (χ2v) is 7.21. The molecule has 7 nitrogen and oxygen atoms in total. The molecule has 1 heterocycles. The first-order chi connectivity index (χ1) is 12.2. The number of carboxylic acid groups (broad SMARTS) is 1. The van der Waals surface area contributed by atoms with Gasteiger partial charge >= 0.3 is 18.0 Å². The average Bonchev–Trinajstić information content (AvgIpc) is 2.95. The Bertz CT molecular complexity index is 666. The lowest BCUT2D eigenvalue weighted by Crippen LogP contribution is -2.45. The molecule has 3 unspecified atom stereocenters. The molecule has 7 heteroatoms. The molecule has 0 saturated carbocycles. The third kappa shape index (κ3) is 4.33. The zero-order valence-electron chi connectivity index (χ0n) is 15.5. The quantitative estimate of drug-likeness (QED) is 0.827. The predicted molar refractivity (Wildman–Crippen MR) is 93.7 cm³/mol. The van der Waals surface area contributed by atoms with Gasteiger partial charge in [-0.15, -0.1) is 0 Å². The molecule has 1 saturated heterocycles. The molecule has 3 atom stereocenters. The molecule has 1 aromatic rings. The zero-order chi connectivity index (χ0) is 19.5. The number of hydrogen-bond acceptors (Lipinski definition) is 5. The summed E-state index contributed by atoms with van der Waals surface area (Å²) in [6, 6.07) is 7.81. The number of amides is 1.